The number of amides is 4. The summed E-state index contributed by atoms with van der Waals surface area (Å²) in [7, 11) is 0. The Kier molecular flexibility index (Phi) is 6.65. The molecule has 0 saturated carbocycles. The van der Waals surface area contributed by atoms with E-state index in [1.165, 1.54) is 6.92 Å². The quantitative estimate of drug-likeness (QED) is 0.446. The molecule has 3 rings (SSSR count). The molecule has 0 unspecified atom stereocenters. The van der Waals surface area contributed by atoms with E-state index in [-0.39, 0.29) is 16.9 Å². The maximum atomic E-state index is 12.6. The maximum absolute atomic E-state index is 12.6. The lowest BCUT2D eigenvalue weighted by atomic mass is 10.2. The molecule has 0 fully saturated rings. The number of benzene rings is 2. The van der Waals surface area contributed by atoms with Crippen molar-refractivity contribution in [2.75, 3.05) is 21.3 Å². The zero-order chi connectivity index (χ0) is 21.7. The lowest BCUT2D eigenvalue weighted by Crippen LogP contribution is -2.19. The second-order valence-electron chi connectivity index (χ2n) is 6.24. The van der Waals surface area contributed by atoms with Gasteiger partial charge >= 0.3 is 6.03 Å². The number of nitrogens with one attached hydrogen (secondary N) is 4. The van der Waals surface area contributed by atoms with Crippen LogP contribution in [-0.2, 0) is 4.79 Å². The highest BCUT2D eigenvalue weighted by Crippen LogP contribution is 2.25. The van der Waals surface area contributed by atoms with Crippen molar-refractivity contribution < 1.29 is 14.4 Å². The Labute approximate surface area is 181 Å². The normalized spacial score (nSPS) is 10.2. The Hall–Kier alpha value is -3.43. The molecule has 3 aromatic rings. The predicted molar refractivity (Wildman–Crippen MR) is 120 cm³/mol. The number of urea groups is 1. The van der Waals surface area contributed by atoms with Gasteiger partial charge in [-0.3, -0.25) is 14.9 Å². The van der Waals surface area contributed by atoms with Gasteiger partial charge in [-0.15, -0.1) is 0 Å². The van der Waals surface area contributed by atoms with Crippen LogP contribution in [0.3, 0.4) is 0 Å². The van der Waals surface area contributed by atoms with Crippen molar-refractivity contribution in [1.29, 1.82) is 0 Å². The molecule has 1 heterocycles. The molecular formula is C20H18ClN5O3S. The van der Waals surface area contributed by atoms with Crippen LogP contribution in [0.5, 0.6) is 0 Å². The van der Waals surface area contributed by atoms with E-state index < -0.39 is 6.03 Å². The van der Waals surface area contributed by atoms with E-state index in [1.807, 2.05) is 0 Å². The van der Waals surface area contributed by atoms with Gasteiger partial charge in [0.2, 0.25) is 5.91 Å². The number of anilines is 4. The average molecular weight is 444 g/mol. The third kappa shape index (κ3) is 5.79. The van der Waals surface area contributed by atoms with Crippen molar-refractivity contribution in [3.63, 3.8) is 0 Å². The number of thiazole rings is 1. The number of halogens is 1. The predicted octanol–water partition coefficient (Wildman–Crippen LogP) is 4.96. The highest BCUT2D eigenvalue weighted by atomic mass is 35.5. The van der Waals surface area contributed by atoms with Crippen molar-refractivity contribution in [1.82, 2.24) is 4.98 Å². The van der Waals surface area contributed by atoms with E-state index in [0.717, 1.165) is 11.3 Å². The summed E-state index contributed by atoms with van der Waals surface area (Å²) >= 11 is 6.88. The minimum absolute atomic E-state index is 0.204. The van der Waals surface area contributed by atoms with Gasteiger partial charge in [-0.2, -0.15) is 0 Å². The Bertz CT molecular complexity index is 1100. The molecule has 2 aromatic carbocycles. The summed E-state index contributed by atoms with van der Waals surface area (Å²) in [6.07, 6.45) is 0. The van der Waals surface area contributed by atoms with Crippen molar-refractivity contribution >= 4 is 63.0 Å². The molecule has 30 heavy (non-hydrogen) atoms. The second-order valence-corrected chi connectivity index (χ2v) is 7.67. The van der Waals surface area contributed by atoms with Crippen LogP contribution in [0.4, 0.5) is 27.0 Å². The number of carbonyl (C=O) groups excluding carboxylic acids is 3. The number of hydrogen-bond acceptors (Lipinski definition) is 5. The lowest BCUT2D eigenvalue weighted by Gasteiger charge is -2.07. The van der Waals surface area contributed by atoms with Gasteiger partial charge in [0, 0.05) is 29.0 Å². The molecule has 4 amide bonds. The molecule has 0 saturated heterocycles. The molecular weight excluding hydrogens is 426 g/mol. The molecule has 0 aliphatic rings. The zero-order valence-corrected chi connectivity index (χ0v) is 17.6. The Morgan fingerprint density at radius 3 is 2.23 bits per heavy atom. The molecule has 0 spiro atoms. The van der Waals surface area contributed by atoms with E-state index >= 15 is 0 Å². The first-order chi connectivity index (χ1) is 14.3. The topological polar surface area (TPSA) is 112 Å². The number of aromatic nitrogens is 1. The first-order valence-electron chi connectivity index (χ1n) is 8.80. The van der Waals surface area contributed by atoms with Crippen LogP contribution in [0.2, 0.25) is 5.02 Å². The summed E-state index contributed by atoms with van der Waals surface area (Å²) in [5, 5.41) is 11.5. The van der Waals surface area contributed by atoms with E-state index in [2.05, 4.69) is 26.3 Å². The maximum Gasteiger partial charge on any atom is 0.325 e. The molecule has 0 atom stereocenters. The summed E-state index contributed by atoms with van der Waals surface area (Å²) in [4.78, 5) is 40.6. The van der Waals surface area contributed by atoms with E-state index in [1.54, 1.807) is 55.5 Å². The SMILES string of the molecule is CC(=O)Nc1cccc(NC(=O)c2sc(NC(=O)Nc3ccc(Cl)cc3)nc2C)c1. The number of nitrogens with zero attached hydrogens (tertiary/aromatic N) is 1. The van der Waals surface area contributed by atoms with Crippen LogP contribution in [-0.4, -0.2) is 22.8 Å². The smallest absolute Gasteiger partial charge is 0.325 e. The van der Waals surface area contributed by atoms with Gasteiger partial charge in [0.1, 0.15) is 4.88 Å². The molecule has 0 radical (unpaired) electrons. The Morgan fingerprint density at radius 2 is 1.57 bits per heavy atom. The summed E-state index contributed by atoms with van der Waals surface area (Å²) in [6, 6.07) is 13.0. The van der Waals surface area contributed by atoms with Crippen molar-refractivity contribution in [2.45, 2.75) is 13.8 Å². The number of hydrogen-bond donors (Lipinski definition) is 4. The zero-order valence-electron chi connectivity index (χ0n) is 16.1. The van der Waals surface area contributed by atoms with Gasteiger partial charge in [-0.25, -0.2) is 9.78 Å². The van der Waals surface area contributed by atoms with Crippen LogP contribution >= 0.6 is 22.9 Å². The molecule has 154 valence electrons. The van der Waals surface area contributed by atoms with Gasteiger partial charge in [0.25, 0.3) is 5.91 Å². The Balaban J connectivity index is 1.65. The standard InChI is InChI=1S/C20H18ClN5O3S/c1-11-17(18(28)24-16-5-3-4-15(10-16)23-12(2)27)30-20(22-11)26-19(29)25-14-8-6-13(21)7-9-14/h3-10H,1-2H3,(H,23,27)(H,24,28)(H2,22,25,26,29). The second kappa shape index (κ2) is 9.38. The third-order valence-corrected chi connectivity index (χ3v) is 5.09. The lowest BCUT2D eigenvalue weighted by molar-refractivity contribution is -0.114. The fraction of sp³-hybridized carbons (Fsp3) is 0.100. The van der Waals surface area contributed by atoms with Gasteiger partial charge in [-0.1, -0.05) is 29.0 Å². The molecule has 0 aliphatic carbocycles. The van der Waals surface area contributed by atoms with Gasteiger partial charge in [0.05, 0.1) is 5.69 Å². The van der Waals surface area contributed by atoms with Crippen molar-refractivity contribution in [3.05, 3.63) is 64.1 Å². The summed E-state index contributed by atoms with van der Waals surface area (Å²) in [5.41, 5.74) is 2.15. The minimum Gasteiger partial charge on any atom is -0.326 e. The van der Waals surface area contributed by atoms with E-state index in [0.29, 0.717) is 32.7 Å². The third-order valence-electron chi connectivity index (χ3n) is 3.77. The van der Waals surface area contributed by atoms with Crippen molar-refractivity contribution in [3.8, 4) is 0 Å². The van der Waals surface area contributed by atoms with E-state index in [9.17, 15) is 14.4 Å². The van der Waals surface area contributed by atoms with Gasteiger partial charge in [0.15, 0.2) is 5.13 Å². The molecule has 0 bridgehead atoms. The summed E-state index contributed by atoms with van der Waals surface area (Å²) < 4.78 is 0. The van der Waals surface area contributed by atoms with Crippen LogP contribution in [0.25, 0.3) is 0 Å². The molecule has 8 nitrogen and oxygen atoms in total. The number of carbonyl (C=O) groups is 3. The summed E-state index contributed by atoms with van der Waals surface area (Å²) in [6.45, 7) is 3.09. The van der Waals surface area contributed by atoms with Crippen molar-refractivity contribution in [2.24, 2.45) is 0 Å². The molecule has 1 aromatic heterocycles. The van der Waals surface area contributed by atoms with Crippen LogP contribution < -0.4 is 21.3 Å². The molecule has 0 aliphatic heterocycles. The molecule has 10 heteroatoms. The highest BCUT2D eigenvalue weighted by Gasteiger charge is 2.17. The minimum atomic E-state index is -0.485. The fourth-order valence-electron chi connectivity index (χ4n) is 2.52. The van der Waals surface area contributed by atoms with Crippen LogP contribution in [0, 0.1) is 6.92 Å². The van der Waals surface area contributed by atoms with Gasteiger partial charge in [-0.05, 0) is 49.4 Å². The number of aryl methyl sites for hydroxylation is 1. The summed E-state index contributed by atoms with van der Waals surface area (Å²) in [5.74, 6) is -0.569. The molecule has 4 N–H and O–H groups in total. The average Bonchev–Trinajstić information content (AvgIpc) is 3.03. The fourth-order valence-corrected chi connectivity index (χ4v) is 3.50. The van der Waals surface area contributed by atoms with Crippen LogP contribution in [0.1, 0.15) is 22.3 Å². The highest BCUT2D eigenvalue weighted by molar-refractivity contribution is 7.17. The largest absolute Gasteiger partial charge is 0.326 e. The van der Waals surface area contributed by atoms with Crippen LogP contribution in [0.15, 0.2) is 48.5 Å². The monoisotopic (exact) mass is 443 g/mol. The number of rotatable bonds is 5. The van der Waals surface area contributed by atoms with Gasteiger partial charge < -0.3 is 16.0 Å². The first kappa shape index (κ1) is 21.3. The van der Waals surface area contributed by atoms with E-state index in [4.69, 9.17) is 11.6 Å². The first-order valence-corrected chi connectivity index (χ1v) is 9.99. The Morgan fingerprint density at radius 1 is 0.900 bits per heavy atom.